The summed E-state index contributed by atoms with van der Waals surface area (Å²) >= 11 is 5.80. The van der Waals surface area contributed by atoms with Crippen molar-refractivity contribution in [3.05, 3.63) is 82.0 Å². The smallest absolute Gasteiger partial charge is 0.272 e. The second-order valence-electron chi connectivity index (χ2n) is 7.44. The van der Waals surface area contributed by atoms with Crippen LogP contribution in [0.5, 0.6) is 0 Å². The zero-order chi connectivity index (χ0) is 23.5. The van der Waals surface area contributed by atoms with Crippen molar-refractivity contribution in [1.82, 2.24) is 25.5 Å². The van der Waals surface area contributed by atoms with Crippen molar-refractivity contribution in [3.63, 3.8) is 0 Å². The Kier molecular flexibility index (Phi) is 5.91. The van der Waals surface area contributed by atoms with E-state index >= 15 is 0 Å². The molecule has 0 bridgehead atoms. The number of hydrogen-bond donors (Lipinski definition) is 3. The summed E-state index contributed by atoms with van der Waals surface area (Å²) in [5, 5.41) is 24.5. The predicted molar refractivity (Wildman–Crippen MR) is 124 cm³/mol. The van der Waals surface area contributed by atoms with E-state index in [1.165, 1.54) is 18.5 Å². The van der Waals surface area contributed by atoms with Gasteiger partial charge in [0.1, 0.15) is 29.7 Å². The quantitative estimate of drug-likeness (QED) is 0.372. The molecule has 12 heteroatoms. The lowest BCUT2D eigenvalue weighted by molar-refractivity contribution is 0.0947. The van der Waals surface area contributed by atoms with Crippen molar-refractivity contribution in [2.24, 2.45) is 15.4 Å². The van der Waals surface area contributed by atoms with Gasteiger partial charge in [0.05, 0.1) is 10.7 Å². The summed E-state index contributed by atoms with van der Waals surface area (Å²) in [6.45, 7) is 1.15. The number of nitrogens with one attached hydrogen (secondary N) is 3. The third-order valence-corrected chi connectivity index (χ3v) is 5.49. The molecular weight excluding hydrogens is 461 g/mol. The van der Waals surface area contributed by atoms with Gasteiger partial charge >= 0.3 is 0 Å². The molecule has 0 saturated carbocycles. The second-order valence-corrected chi connectivity index (χ2v) is 7.84. The zero-order valence-electron chi connectivity index (χ0n) is 17.6. The average molecular weight is 478 g/mol. The molecule has 1 aliphatic heterocycles. The molecular formula is C22H17ClFN9O. The Morgan fingerprint density at radius 3 is 2.68 bits per heavy atom. The second kappa shape index (κ2) is 9.32. The highest BCUT2D eigenvalue weighted by Crippen LogP contribution is 2.21. The molecule has 0 fully saturated rings. The summed E-state index contributed by atoms with van der Waals surface area (Å²) in [5.74, 6) is -0.441. The molecule has 0 saturated heterocycles. The lowest BCUT2D eigenvalue weighted by Gasteiger charge is -2.07. The van der Waals surface area contributed by atoms with Crippen molar-refractivity contribution in [2.45, 2.75) is 13.1 Å². The number of benzene rings is 2. The molecule has 3 heterocycles. The van der Waals surface area contributed by atoms with Gasteiger partial charge in [-0.1, -0.05) is 41.9 Å². The summed E-state index contributed by atoms with van der Waals surface area (Å²) in [6, 6.07) is 12.2. The number of aromatic amines is 1. The van der Waals surface area contributed by atoms with E-state index in [9.17, 15) is 9.18 Å². The van der Waals surface area contributed by atoms with Crippen molar-refractivity contribution in [3.8, 4) is 0 Å². The van der Waals surface area contributed by atoms with Crippen LogP contribution >= 0.6 is 11.6 Å². The molecule has 2 aromatic heterocycles. The SMILES string of the molecule is O=C(NCc1ccc(F)c(Cl)c1)c1ncnc2c(NCc3ccc(C4=NN=NC4)cc3)n[nH]c12. The van der Waals surface area contributed by atoms with Gasteiger partial charge in [-0.25, -0.2) is 14.4 Å². The van der Waals surface area contributed by atoms with E-state index in [4.69, 9.17) is 11.6 Å². The van der Waals surface area contributed by atoms with Gasteiger partial charge < -0.3 is 10.6 Å². The third-order valence-electron chi connectivity index (χ3n) is 5.20. The molecule has 1 amide bonds. The number of rotatable bonds is 7. The topological polar surface area (TPSA) is 133 Å². The standard InChI is InChI=1S/C22H17ClFN9O/c23-15-7-13(3-6-16(15)24)9-26-22(34)20-18-19(27-11-28-20)21(32-31-18)25-8-12-1-4-14(5-2-12)17-10-29-33-30-17/h1-7,11H,8-10H2,(H,26,34)(H2,25,31,32). The largest absolute Gasteiger partial charge is 0.363 e. The van der Waals surface area contributed by atoms with Crippen LogP contribution in [-0.4, -0.2) is 38.3 Å². The van der Waals surface area contributed by atoms with E-state index in [0.29, 0.717) is 35.5 Å². The molecule has 2 aromatic carbocycles. The van der Waals surface area contributed by atoms with Gasteiger partial charge in [0.2, 0.25) is 0 Å². The van der Waals surface area contributed by atoms with Crippen LogP contribution in [0.25, 0.3) is 11.0 Å². The first-order valence-corrected chi connectivity index (χ1v) is 10.6. The van der Waals surface area contributed by atoms with Gasteiger partial charge in [-0.3, -0.25) is 9.89 Å². The highest BCUT2D eigenvalue weighted by Gasteiger charge is 2.17. The normalized spacial score (nSPS) is 12.7. The molecule has 5 rings (SSSR count). The minimum Gasteiger partial charge on any atom is -0.363 e. The van der Waals surface area contributed by atoms with E-state index in [1.807, 2.05) is 24.3 Å². The van der Waals surface area contributed by atoms with Crippen LogP contribution in [0.2, 0.25) is 5.02 Å². The number of anilines is 1. The van der Waals surface area contributed by atoms with Crippen LogP contribution in [-0.2, 0) is 13.1 Å². The third kappa shape index (κ3) is 4.46. The lowest BCUT2D eigenvalue weighted by atomic mass is 10.1. The number of halogens is 2. The molecule has 0 spiro atoms. The van der Waals surface area contributed by atoms with Crippen LogP contribution in [0, 0.1) is 5.82 Å². The van der Waals surface area contributed by atoms with E-state index in [1.54, 1.807) is 6.07 Å². The van der Waals surface area contributed by atoms with Crippen molar-refractivity contribution in [2.75, 3.05) is 11.9 Å². The highest BCUT2D eigenvalue weighted by atomic mass is 35.5. The maximum atomic E-state index is 13.3. The fourth-order valence-electron chi connectivity index (χ4n) is 3.41. The molecule has 0 unspecified atom stereocenters. The molecule has 4 aromatic rings. The number of H-pyrrole nitrogens is 1. The Bertz CT molecular complexity index is 1430. The first kappa shape index (κ1) is 21.6. The minimum absolute atomic E-state index is 0.00610. The van der Waals surface area contributed by atoms with Crippen LogP contribution in [0.4, 0.5) is 10.2 Å². The monoisotopic (exact) mass is 477 g/mol. The fraction of sp³-hybridized carbons (Fsp3) is 0.136. The molecule has 170 valence electrons. The molecule has 0 aliphatic carbocycles. The number of carbonyl (C=O) groups excluding carboxylic acids is 1. The van der Waals surface area contributed by atoms with Crippen molar-refractivity contribution in [1.29, 1.82) is 0 Å². The predicted octanol–water partition coefficient (Wildman–Crippen LogP) is 3.86. The zero-order valence-corrected chi connectivity index (χ0v) is 18.3. The Morgan fingerprint density at radius 1 is 1.09 bits per heavy atom. The van der Waals surface area contributed by atoms with E-state index in [2.05, 4.69) is 46.2 Å². The van der Waals surface area contributed by atoms with Gasteiger partial charge in [-0.15, -0.1) is 5.10 Å². The Hall–Kier alpha value is -4.25. The summed E-state index contributed by atoms with van der Waals surface area (Å²) in [7, 11) is 0. The number of hydrogen-bond acceptors (Lipinski definition) is 8. The first-order chi connectivity index (χ1) is 16.6. The van der Waals surface area contributed by atoms with Crippen LogP contribution < -0.4 is 10.6 Å². The van der Waals surface area contributed by atoms with Gasteiger partial charge in [-0.2, -0.15) is 10.2 Å². The van der Waals surface area contributed by atoms with Gasteiger partial charge in [0.15, 0.2) is 11.5 Å². The molecule has 3 N–H and O–H groups in total. The minimum atomic E-state index is -0.516. The lowest BCUT2D eigenvalue weighted by Crippen LogP contribution is -2.24. The van der Waals surface area contributed by atoms with Gasteiger partial charge in [0, 0.05) is 13.1 Å². The average Bonchev–Trinajstić information content (AvgIpc) is 3.54. The summed E-state index contributed by atoms with van der Waals surface area (Å²) < 4.78 is 13.3. The molecule has 0 atom stereocenters. The van der Waals surface area contributed by atoms with E-state index in [0.717, 1.165) is 16.8 Å². The van der Waals surface area contributed by atoms with Crippen molar-refractivity contribution >= 4 is 40.1 Å². The van der Waals surface area contributed by atoms with Gasteiger partial charge in [-0.05, 0) is 34.0 Å². The van der Waals surface area contributed by atoms with E-state index in [-0.39, 0.29) is 17.3 Å². The van der Waals surface area contributed by atoms with E-state index < -0.39 is 11.7 Å². The van der Waals surface area contributed by atoms with Crippen LogP contribution in [0.1, 0.15) is 27.2 Å². The summed E-state index contributed by atoms with van der Waals surface area (Å²) in [5.41, 5.74) is 4.54. The van der Waals surface area contributed by atoms with Crippen LogP contribution in [0.15, 0.2) is 64.2 Å². The first-order valence-electron chi connectivity index (χ1n) is 10.3. The Labute approximate surface area is 197 Å². The number of nitrogens with zero attached hydrogens (tertiary/aromatic N) is 6. The molecule has 10 nitrogen and oxygen atoms in total. The molecule has 1 aliphatic rings. The number of aromatic nitrogens is 4. The number of carbonyl (C=O) groups is 1. The maximum absolute atomic E-state index is 13.3. The summed E-state index contributed by atoms with van der Waals surface area (Å²) in [4.78, 5) is 21.1. The number of fused-ring (bicyclic) bond motifs is 1. The maximum Gasteiger partial charge on any atom is 0.272 e. The molecule has 0 radical (unpaired) electrons. The van der Waals surface area contributed by atoms with Gasteiger partial charge in [0.25, 0.3) is 5.91 Å². The fourth-order valence-corrected chi connectivity index (χ4v) is 3.62. The number of amides is 1. The Balaban J connectivity index is 1.26. The highest BCUT2D eigenvalue weighted by molar-refractivity contribution is 6.30. The molecule has 34 heavy (non-hydrogen) atoms. The summed E-state index contributed by atoms with van der Waals surface area (Å²) in [6.07, 6.45) is 1.31. The van der Waals surface area contributed by atoms with Crippen LogP contribution in [0.3, 0.4) is 0 Å². The Morgan fingerprint density at radius 2 is 1.91 bits per heavy atom. The van der Waals surface area contributed by atoms with Crippen molar-refractivity contribution < 1.29 is 9.18 Å².